The maximum atomic E-state index is 12.9. The summed E-state index contributed by atoms with van der Waals surface area (Å²) in [6.07, 6.45) is 0. The molecule has 2 amide bonds. The Morgan fingerprint density at radius 1 is 1.19 bits per heavy atom. The van der Waals surface area contributed by atoms with Gasteiger partial charge in [-0.05, 0) is 20.0 Å². The molecule has 27 heavy (non-hydrogen) atoms. The van der Waals surface area contributed by atoms with Gasteiger partial charge < -0.3 is 19.0 Å². The molecule has 4 rings (SSSR count). The minimum atomic E-state index is -0.395. The maximum Gasteiger partial charge on any atom is 0.290 e. The molecule has 2 fully saturated rings. The molecule has 7 heteroatoms. The lowest BCUT2D eigenvalue weighted by molar-refractivity contribution is -0.190. The number of benzene rings is 1. The molecule has 7 nitrogen and oxygen atoms in total. The number of carbonyl (C=O) groups is 2. The number of para-hydroxylation sites is 1. The summed E-state index contributed by atoms with van der Waals surface area (Å²) in [6, 6.07) is 7.40. The number of likely N-dealkylation sites (N-methyl/N-ethyl adjacent to an activating group) is 2. The van der Waals surface area contributed by atoms with Crippen molar-refractivity contribution < 1.29 is 18.7 Å². The van der Waals surface area contributed by atoms with Gasteiger partial charge >= 0.3 is 0 Å². The number of ether oxygens (including phenoxy) is 1. The van der Waals surface area contributed by atoms with E-state index in [4.69, 9.17) is 9.15 Å². The van der Waals surface area contributed by atoms with Crippen LogP contribution in [0.2, 0.25) is 0 Å². The van der Waals surface area contributed by atoms with Crippen molar-refractivity contribution in [2.24, 2.45) is 0 Å². The Bertz CT molecular complexity index is 898. The van der Waals surface area contributed by atoms with Crippen molar-refractivity contribution >= 4 is 22.8 Å². The molecular weight excluding hydrogens is 346 g/mol. The molecule has 1 unspecified atom stereocenters. The molecule has 2 aliphatic rings. The molecule has 0 N–H and O–H groups in total. The van der Waals surface area contributed by atoms with Gasteiger partial charge in [0.05, 0.1) is 19.7 Å². The first kappa shape index (κ1) is 18.0. The topological polar surface area (TPSA) is 66.2 Å². The lowest BCUT2D eigenvalue weighted by Crippen LogP contribution is -2.73. The van der Waals surface area contributed by atoms with Crippen molar-refractivity contribution in [3.05, 3.63) is 35.6 Å². The minimum Gasteiger partial charge on any atom is -0.451 e. The third kappa shape index (κ3) is 2.91. The monoisotopic (exact) mass is 371 g/mol. The van der Waals surface area contributed by atoms with Crippen LogP contribution in [0.25, 0.3) is 11.0 Å². The van der Waals surface area contributed by atoms with Gasteiger partial charge in [0.1, 0.15) is 17.2 Å². The van der Waals surface area contributed by atoms with E-state index in [0.29, 0.717) is 32.0 Å². The lowest BCUT2D eigenvalue weighted by Gasteiger charge is -2.54. The number of likely N-dealkylation sites (tertiary alicyclic amines) is 1. The summed E-state index contributed by atoms with van der Waals surface area (Å²) >= 11 is 0. The predicted octanol–water partition coefficient (Wildman–Crippen LogP) is 1.35. The standard InChI is InChI=1S/C20H25N3O4/c1-13-14-7-5-6-8-16(14)27-17(13)19(25)23-11-20(12-23)10-22(4)15(9-26-20)18(24)21(2)3/h5-8,15H,9-12H2,1-4H3. The number of carbonyl (C=O) groups excluding carboxylic acids is 2. The van der Waals surface area contributed by atoms with Gasteiger partial charge in [-0.15, -0.1) is 0 Å². The molecule has 1 atom stereocenters. The van der Waals surface area contributed by atoms with Crippen LogP contribution in [0.15, 0.2) is 28.7 Å². The van der Waals surface area contributed by atoms with Crippen LogP contribution < -0.4 is 0 Å². The van der Waals surface area contributed by atoms with Crippen LogP contribution in [0, 0.1) is 6.92 Å². The van der Waals surface area contributed by atoms with E-state index < -0.39 is 5.60 Å². The summed E-state index contributed by atoms with van der Waals surface area (Å²) in [6.45, 7) is 3.90. The van der Waals surface area contributed by atoms with Crippen molar-refractivity contribution in [2.45, 2.75) is 18.6 Å². The Labute approximate surface area is 158 Å². The third-order valence-electron chi connectivity index (χ3n) is 5.63. The fourth-order valence-corrected chi connectivity index (χ4v) is 4.06. The van der Waals surface area contributed by atoms with E-state index in [1.807, 2.05) is 43.1 Å². The molecule has 144 valence electrons. The zero-order valence-electron chi connectivity index (χ0n) is 16.2. The normalized spacial score (nSPS) is 22.1. The first-order valence-electron chi connectivity index (χ1n) is 9.14. The smallest absolute Gasteiger partial charge is 0.290 e. The van der Waals surface area contributed by atoms with Gasteiger partial charge in [0.15, 0.2) is 5.76 Å². The van der Waals surface area contributed by atoms with Gasteiger partial charge in [0.2, 0.25) is 5.91 Å². The zero-order valence-corrected chi connectivity index (χ0v) is 16.2. The van der Waals surface area contributed by atoms with Crippen molar-refractivity contribution in [1.82, 2.24) is 14.7 Å². The Morgan fingerprint density at radius 2 is 1.89 bits per heavy atom. The Kier molecular flexibility index (Phi) is 4.24. The fraction of sp³-hybridized carbons (Fsp3) is 0.500. The van der Waals surface area contributed by atoms with Crippen LogP contribution in [0.4, 0.5) is 0 Å². The van der Waals surface area contributed by atoms with Gasteiger partial charge in [-0.2, -0.15) is 0 Å². The molecule has 0 aliphatic carbocycles. The zero-order chi connectivity index (χ0) is 19.3. The van der Waals surface area contributed by atoms with Gasteiger partial charge in [-0.25, -0.2) is 0 Å². The van der Waals surface area contributed by atoms with E-state index in [2.05, 4.69) is 0 Å². The van der Waals surface area contributed by atoms with Gasteiger partial charge in [-0.1, -0.05) is 18.2 Å². The first-order chi connectivity index (χ1) is 12.8. The highest BCUT2D eigenvalue weighted by Gasteiger charge is 2.52. The Hall–Kier alpha value is -2.38. The molecule has 2 aromatic rings. The average molecular weight is 371 g/mol. The van der Waals surface area contributed by atoms with Crippen LogP contribution in [0.1, 0.15) is 16.1 Å². The molecule has 0 bridgehead atoms. The van der Waals surface area contributed by atoms with Crippen LogP contribution in [-0.4, -0.2) is 85.5 Å². The summed E-state index contributed by atoms with van der Waals surface area (Å²) in [5, 5.41) is 0.967. The van der Waals surface area contributed by atoms with Crippen LogP contribution in [0.5, 0.6) is 0 Å². The predicted molar refractivity (Wildman–Crippen MR) is 101 cm³/mol. The SMILES string of the molecule is Cc1c(C(=O)N2CC3(C2)CN(C)C(C(=O)N(C)C)CO3)oc2ccccc12. The summed E-state index contributed by atoms with van der Waals surface area (Å²) in [5.74, 6) is 0.334. The number of rotatable bonds is 2. The number of hydrogen-bond donors (Lipinski definition) is 0. The quantitative estimate of drug-likeness (QED) is 0.797. The van der Waals surface area contributed by atoms with E-state index in [1.54, 1.807) is 23.9 Å². The highest BCUT2D eigenvalue weighted by atomic mass is 16.5. The van der Waals surface area contributed by atoms with Crippen molar-refractivity contribution in [1.29, 1.82) is 0 Å². The highest BCUT2D eigenvalue weighted by Crippen LogP contribution is 2.34. The maximum absolute atomic E-state index is 12.9. The number of fused-ring (bicyclic) bond motifs is 1. The molecule has 1 spiro atoms. The van der Waals surface area contributed by atoms with E-state index >= 15 is 0 Å². The Morgan fingerprint density at radius 3 is 2.52 bits per heavy atom. The van der Waals surface area contributed by atoms with Gasteiger partial charge in [-0.3, -0.25) is 14.5 Å². The van der Waals surface area contributed by atoms with E-state index in [-0.39, 0.29) is 17.9 Å². The van der Waals surface area contributed by atoms with Crippen LogP contribution in [0.3, 0.4) is 0 Å². The lowest BCUT2D eigenvalue weighted by atomic mass is 9.90. The van der Waals surface area contributed by atoms with E-state index in [0.717, 1.165) is 16.5 Å². The molecule has 2 aliphatic heterocycles. The summed E-state index contributed by atoms with van der Waals surface area (Å²) in [5.41, 5.74) is 1.20. The third-order valence-corrected chi connectivity index (χ3v) is 5.63. The highest BCUT2D eigenvalue weighted by molar-refractivity contribution is 5.99. The van der Waals surface area contributed by atoms with Crippen molar-refractivity contribution in [2.75, 3.05) is 47.4 Å². The fourth-order valence-electron chi connectivity index (χ4n) is 4.06. The molecule has 0 radical (unpaired) electrons. The molecule has 1 aromatic heterocycles. The largest absolute Gasteiger partial charge is 0.451 e. The summed E-state index contributed by atoms with van der Waals surface area (Å²) in [7, 11) is 5.43. The summed E-state index contributed by atoms with van der Waals surface area (Å²) in [4.78, 5) is 30.5. The Balaban J connectivity index is 1.44. The van der Waals surface area contributed by atoms with Crippen molar-refractivity contribution in [3.8, 4) is 0 Å². The van der Waals surface area contributed by atoms with E-state index in [1.165, 1.54) is 0 Å². The molecule has 3 heterocycles. The van der Waals surface area contributed by atoms with Crippen LogP contribution in [-0.2, 0) is 9.53 Å². The second-order valence-electron chi connectivity index (χ2n) is 7.87. The van der Waals surface area contributed by atoms with Gasteiger partial charge in [0.25, 0.3) is 5.91 Å². The van der Waals surface area contributed by atoms with Gasteiger partial charge in [0, 0.05) is 31.6 Å². The van der Waals surface area contributed by atoms with Crippen LogP contribution >= 0.6 is 0 Å². The number of aryl methyl sites for hydroxylation is 1. The molecule has 1 aromatic carbocycles. The van der Waals surface area contributed by atoms with Crippen molar-refractivity contribution in [3.63, 3.8) is 0 Å². The number of furan rings is 1. The first-order valence-corrected chi connectivity index (χ1v) is 9.14. The number of hydrogen-bond acceptors (Lipinski definition) is 5. The number of amides is 2. The average Bonchev–Trinajstić information content (AvgIpc) is 2.95. The number of nitrogens with zero attached hydrogens (tertiary/aromatic N) is 3. The molecule has 2 saturated heterocycles. The second kappa shape index (κ2) is 6.35. The number of morpholine rings is 1. The summed E-state index contributed by atoms with van der Waals surface area (Å²) < 4.78 is 11.8. The second-order valence-corrected chi connectivity index (χ2v) is 7.87. The minimum absolute atomic E-state index is 0.0394. The molecule has 0 saturated carbocycles. The van der Waals surface area contributed by atoms with E-state index in [9.17, 15) is 9.59 Å². The molecular formula is C20H25N3O4.